The quantitative estimate of drug-likeness (QED) is 0.920. The van der Waals surface area contributed by atoms with Crippen molar-refractivity contribution in [2.45, 2.75) is 13.0 Å². The Bertz CT molecular complexity index is 634. The van der Waals surface area contributed by atoms with Gasteiger partial charge in [0.15, 0.2) is 0 Å². The van der Waals surface area contributed by atoms with Crippen LogP contribution >= 0.6 is 11.6 Å². The predicted molar refractivity (Wildman–Crippen MR) is 82.2 cm³/mol. The number of methoxy groups -OCH3 is 2. The Morgan fingerprint density at radius 3 is 2.57 bits per heavy atom. The fraction of sp³-hybridized carbons (Fsp3) is 0.333. The van der Waals surface area contributed by atoms with E-state index in [1.807, 2.05) is 32.2 Å². The highest BCUT2D eigenvalue weighted by molar-refractivity contribution is 6.31. The predicted octanol–water partition coefficient (Wildman–Crippen LogP) is 2.76. The number of hydrogen-bond donors (Lipinski definition) is 1. The summed E-state index contributed by atoms with van der Waals surface area (Å²) in [7, 11) is 4.93. The molecule has 1 atom stereocenters. The van der Waals surface area contributed by atoms with Crippen molar-refractivity contribution in [1.82, 2.24) is 15.3 Å². The van der Waals surface area contributed by atoms with Gasteiger partial charge < -0.3 is 14.8 Å². The zero-order chi connectivity index (χ0) is 15.4. The summed E-state index contributed by atoms with van der Waals surface area (Å²) in [5.74, 6) is 0.811. The van der Waals surface area contributed by atoms with Gasteiger partial charge in [0, 0.05) is 5.02 Å². The third kappa shape index (κ3) is 3.25. The van der Waals surface area contributed by atoms with Gasteiger partial charge in [-0.25, -0.2) is 4.98 Å². The van der Waals surface area contributed by atoms with E-state index in [2.05, 4.69) is 15.3 Å². The molecule has 2 rings (SSSR count). The fourth-order valence-electron chi connectivity index (χ4n) is 2.12. The molecule has 0 saturated carbocycles. The Hall–Kier alpha value is -1.85. The number of aromatic nitrogens is 2. The van der Waals surface area contributed by atoms with E-state index < -0.39 is 0 Å². The van der Waals surface area contributed by atoms with Crippen molar-refractivity contribution in [3.63, 3.8) is 0 Å². The molecule has 0 saturated heterocycles. The molecule has 0 spiro atoms. The molecule has 0 amide bonds. The van der Waals surface area contributed by atoms with Crippen molar-refractivity contribution in [3.8, 4) is 11.8 Å². The second-order valence-electron chi connectivity index (χ2n) is 4.55. The molecular formula is C15H18ClN3O2. The monoisotopic (exact) mass is 307 g/mol. The largest absolute Gasteiger partial charge is 0.480 e. The molecule has 1 aromatic heterocycles. The van der Waals surface area contributed by atoms with Crippen LogP contribution in [0.15, 0.2) is 24.4 Å². The SMILES string of the molecule is CNC(c1ccc(C)cc1Cl)c1ncc(OC)nc1OC. The minimum Gasteiger partial charge on any atom is -0.480 e. The number of nitrogens with zero attached hydrogens (tertiary/aromatic N) is 2. The average molecular weight is 308 g/mol. The molecule has 1 aromatic carbocycles. The van der Waals surface area contributed by atoms with Gasteiger partial charge in [0.25, 0.3) is 0 Å². The summed E-state index contributed by atoms with van der Waals surface area (Å²) in [6.07, 6.45) is 1.56. The summed E-state index contributed by atoms with van der Waals surface area (Å²) in [5, 5.41) is 3.87. The van der Waals surface area contributed by atoms with Crippen molar-refractivity contribution in [1.29, 1.82) is 0 Å². The van der Waals surface area contributed by atoms with Crippen LogP contribution in [0.2, 0.25) is 5.02 Å². The second kappa shape index (κ2) is 6.74. The van der Waals surface area contributed by atoms with Crippen LogP contribution in [0, 0.1) is 6.92 Å². The van der Waals surface area contributed by atoms with Gasteiger partial charge in [-0.3, -0.25) is 0 Å². The number of benzene rings is 1. The number of rotatable bonds is 5. The van der Waals surface area contributed by atoms with E-state index in [4.69, 9.17) is 21.1 Å². The normalized spacial score (nSPS) is 12.0. The number of ether oxygens (including phenoxy) is 2. The summed E-state index contributed by atoms with van der Waals surface area (Å²) in [6, 6.07) is 5.69. The smallest absolute Gasteiger partial charge is 0.240 e. The molecule has 1 N–H and O–H groups in total. The van der Waals surface area contributed by atoms with Gasteiger partial charge in [0.05, 0.1) is 26.5 Å². The Morgan fingerprint density at radius 2 is 2.00 bits per heavy atom. The van der Waals surface area contributed by atoms with Crippen LogP contribution in [-0.2, 0) is 0 Å². The molecule has 1 unspecified atom stereocenters. The molecule has 0 aliphatic carbocycles. The fourth-order valence-corrected chi connectivity index (χ4v) is 2.46. The van der Waals surface area contributed by atoms with Gasteiger partial charge in [-0.2, -0.15) is 4.98 Å². The van der Waals surface area contributed by atoms with Crippen molar-refractivity contribution in [3.05, 3.63) is 46.2 Å². The van der Waals surface area contributed by atoms with Crippen LogP contribution in [0.5, 0.6) is 11.8 Å². The van der Waals surface area contributed by atoms with Crippen LogP contribution in [0.4, 0.5) is 0 Å². The molecule has 1 heterocycles. The first-order valence-electron chi connectivity index (χ1n) is 6.49. The summed E-state index contributed by atoms with van der Waals surface area (Å²) in [5.41, 5.74) is 2.68. The third-order valence-electron chi connectivity index (χ3n) is 3.18. The number of hydrogen-bond acceptors (Lipinski definition) is 5. The minimum atomic E-state index is -0.216. The van der Waals surface area contributed by atoms with Gasteiger partial charge in [-0.1, -0.05) is 23.7 Å². The second-order valence-corrected chi connectivity index (χ2v) is 4.96. The Morgan fingerprint density at radius 1 is 1.24 bits per heavy atom. The molecule has 0 radical (unpaired) electrons. The summed E-state index contributed by atoms with van der Waals surface area (Å²) in [6.45, 7) is 2.00. The lowest BCUT2D eigenvalue weighted by molar-refractivity contribution is 0.353. The van der Waals surface area contributed by atoms with Gasteiger partial charge >= 0.3 is 0 Å². The molecule has 0 bridgehead atoms. The van der Waals surface area contributed by atoms with Crippen LogP contribution in [0.25, 0.3) is 0 Å². The van der Waals surface area contributed by atoms with E-state index in [9.17, 15) is 0 Å². The standard InChI is InChI=1S/C15H18ClN3O2/c1-9-5-6-10(11(16)7-9)13(17-2)14-15(21-4)19-12(20-3)8-18-14/h5-8,13,17H,1-4H3. The van der Waals surface area contributed by atoms with Crippen LogP contribution < -0.4 is 14.8 Å². The van der Waals surface area contributed by atoms with E-state index in [1.165, 1.54) is 7.11 Å². The summed E-state index contributed by atoms with van der Waals surface area (Å²) in [4.78, 5) is 8.66. The number of aryl methyl sites for hydroxylation is 1. The molecule has 5 nitrogen and oxygen atoms in total. The van der Waals surface area contributed by atoms with Crippen molar-refractivity contribution < 1.29 is 9.47 Å². The maximum atomic E-state index is 6.35. The maximum absolute atomic E-state index is 6.35. The van der Waals surface area contributed by atoms with Gasteiger partial charge in [-0.05, 0) is 31.2 Å². The van der Waals surface area contributed by atoms with Crippen molar-refractivity contribution in [2.75, 3.05) is 21.3 Å². The lowest BCUT2D eigenvalue weighted by Gasteiger charge is -2.19. The number of nitrogens with one attached hydrogen (secondary N) is 1. The van der Waals surface area contributed by atoms with Crippen molar-refractivity contribution >= 4 is 11.6 Å². The van der Waals surface area contributed by atoms with E-state index >= 15 is 0 Å². The minimum absolute atomic E-state index is 0.216. The van der Waals surface area contributed by atoms with Crippen LogP contribution in [0.3, 0.4) is 0 Å². The lowest BCUT2D eigenvalue weighted by atomic mass is 10.0. The van der Waals surface area contributed by atoms with Gasteiger partial charge in [0.1, 0.15) is 5.69 Å². The Labute approximate surface area is 129 Å². The summed E-state index contributed by atoms with van der Waals surface area (Å²) >= 11 is 6.35. The highest BCUT2D eigenvalue weighted by Gasteiger charge is 2.22. The van der Waals surface area contributed by atoms with E-state index in [0.29, 0.717) is 22.5 Å². The molecule has 6 heteroatoms. The van der Waals surface area contributed by atoms with Crippen LogP contribution in [-0.4, -0.2) is 31.2 Å². The van der Waals surface area contributed by atoms with Crippen molar-refractivity contribution in [2.24, 2.45) is 0 Å². The first-order valence-corrected chi connectivity index (χ1v) is 6.86. The van der Waals surface area contributed by atoms with E-state index in [1.54, 1.807) is 13.3 Å². The molecule has 0 aliphatic heterocycles. The molecule has 2 aromatic rings. The molecule has 112 valence electrons. The molecule has 0 fully saturated rings. The zero-order valence-corrected chi connectivity index (χ0v) is 13.2. The van der Waals surface area contributed by atoms with E-state index in [0.717, 1.165) is 11.1 Å². The first-order chi connectivity index (χ1) is 10.1. The number of halogens is 1. The zero-order valence-electron chi connectivity index (χ0n) is 12.5. The third-order valence-corrected chi connectivity index (χ3v) is 3.50. The lowest BCUT2D eigenvalue weighted by Crippen LogP contribution is -2.20. The summed E-state index contributed by atoms with van der Waals surface area (Å²) < 4.78 is 10.4. The van der Waals surface area contributed by atoms with Gasteiger partial charge in [0.2, 0.25) is 11.8 Å². The Balaban J connectivity index is 2.50. The highest BCUT2D eigenvalue weighted by Crippen LogP contribution is 2.32. The molecule has 21 heavy (non-hydrogen) atoms. The topological polar surface area (TPSA) is 56.3 Å². The average Bonchev–Trinajstić information content (AvgIpc) is 2.50. The molecular weight excluding hydrogens is 290 g/mol. The highest BCUT2D eigenvalue weighted by atomic mass is 35.5. The molecule has 0 aliphatic rings. The maximum Gasteiger partial charge on any atom is 0.240 e. The van der Waals surface area contributed by atoms with Crippen LogP contribution in [0.1, 0.15) is 22.9 Å². The van der Waals surface area contributed by atoms with E-state index in [-0.39, 0.29) is 6.04 Å². The Kier molecular flexibility index (Phi) is 4.98. The van der Waals surface area contributed by atoms with Gasteiger partial charge in [-0.15, -0.1) is 0 Å². The first kappa shape index (κ1) is 15.5.